The van der Waals surface area contributed by atoms with Gasteiger partial charge in [0.15, 0.2) is 5.82 Å². The predicted octanol–water partition coefficient (Wildman–Crippen LogP) is 3.36. The Morgan fingerprint density at radius 2 is 1.96 bits per heavy atom. The van der Waals surface area contributed by atoms with Crippen molar-refractivity contribution >= 4 is 23.1 Å². The Morgan fingerprint density at radius 3 is 2.66 bits per heavy atom. The highest BCUT2D eigenvalue weighted by Crippen LogP contribution is 2.40. The number of aromatic nitrogens is 5. The van der Waals surface area contributed by atoms with Crippen LogP contribution in [-0.4, -0.2) is 98.7 Å². The molecule has 6 rings (SSSR count). The molecule has 2 atom stereocenters. The van der Waals surface area contributed by atoms with E-state index in [0.29, 0.717) is 30.9 Å². The molecule has 248 valence electrons. The third kappa shape index (κ3) is 6.57. The molecule has 6 heterocycles. The van der Waals surface area contributed by atoms with Crippen LogP contribution < -0.4 is 14.5 Å². The van der Waals surface area contributed by atoms with Gasteiger partial charge in [0.25, 0.3) is 5.91 Å². The Balaban J connectivity index is 1.31. The lowest BCUT2D eigenvalue weighted by molar-refractivity contribution is -0.139. The molecule has 0 aromatic carbocycles. The number of alkyl halides is 3. The van der Waals surface area contributed by atoms with E-state index in [-0.39, 0.29) is 68.4 Å². The van der Waals surface area contributed by atoms with E-state index >= 15 is 0 Å². The van der Waals surface area contributed by atoms with Gasteiger partial charge in [-0.05, 0) is 32.9 Å². The van der Waals surface area contributed by atoms with E-state index in [2.05, 4.69) is 32.5 Å². The molecule has 0 saturated carbocycles. The SMILES string of the molecule is C=C(C(=O)N1CCN(c2nc(OC[C@@H]3CCCN3C)nc3c2CCN(c2cncc(F)c2C(F)(F)F)C3)C[C@@H]1CC#N)n1ccnc1. The molecule has 1 amide bonds. The van der Waals surface area contributed by atoms with E-state index in [0.717, 1.165) is 31.1 Å². The highest BCUT2D eigenvalue weighted by atomic mass is 19.4. The lowest BCUT2D eigenvalue weighted by atomic mass is 10.0. The molecule has 16 heteroatoms. The fourth-order valence-corrected chi connectivity index (χ4v) is 6.52. The monoisotopic (exact) mass is 654 g/mol. The minimum absolute atomic E-state index is 0.0520. The van der Waals surface area contributed by atoms with Crippen LogP contribution >= 0.6 is 0 Å². The minimum atomic E-state index is -4.92. The molecule has 0 N–H and O–H groups in total. The van der Waals surface area contributed by atoms with Gasteiger partial charge < -0.3 is 28.9 Å². The lowest BCUT2D eigenvalue weighted by Crippen LogP contribution is -2.56. The van der Waals surface area contributed by atoms with Gasteiger partial charge >= 0.3 is 12.2 Å². The number of amides is 1. The quantitative estimate of drug-likeness (QED) is 0.264. The molecule has 0 spiro atoms. The van der Waals surface area contributed by atoms with E-state index in [9.17, 15) is 27.6 Å². The van der Waals surface area contributed by atoms with E-state index in [1.807, 2.05) is 11.9 Å². The Kier molecular flexibility index (Phi) is 9.00. The van der Waals surface area contributed by atoms with Crippen molar-refractivity contribution in [3.05, 3.63) is 60.3 Å². The van der Waals surface area contributed by atoms with E-state index in [1.165, 1.54) is 15.8 Å². The van der Waals surface area contributed by atoms with Crippen molar-refractivity contribution in [2.24, 2.45) is 0 Å². The average molecular weight is 655 g/mol. The summed E-state index contributed by atoms with van der Waals surface area (Å²) in [6, 6.07) is 1.94. The fraction of sp³-hybridized carbons (Fsp3) is 0.484. The number of likely N-dealkylation sites (N-methyl/N-ethyl adjacent to an activating group) is 1. The summed E-state index contributed by atoms with van der Waals surface area (Å²) in [7, 11) is 2.01. The summed E-state index contributed by atoms with van der Waals surface area (Å²) in [5, 5.41) is 9.65. The van der Waals surface area contributed by atoms with Gasteiger partial charge in [0.05, 0.1) is 55.2 Å². The van der Waals surface area contributed by atoms with E-state index < -0.39 is 23.6 Å². The minimum Gasteiger partial charge on any atom is -0.462 e. The van der Waals surface area contributed by atoms with Crippen LogP contribution in [-0.2, 0) is 23.9 Å². The second-order valence-corrected chi connectivity index (χ2v) is 11.9. The van der Waals surface area contributed by atoms with Gasteiger partial charge in [0.2, 0.25) is 0 Å². The number of hydrogen-bond donors (Lipinski definition) is 0. The van der Waals surface area contributed by atoms with Gasteiger partial charge in [0.1, 0.15) is 23.7 Å². The molecule has 2 saturated heterocycles. The van der Waals surface area contributed by atoms with Gasteiger partial charge in [-0.3, -0.25) is 9.78 Å². The Labute approximate surface area is 268 Å². The van der Waals surface area contributed by atoms with Crippen molar-refractivity contribution in [3.63, 3.8) is 0 Å². The third-order valence-corrected chi connectivity index (χ3v) is 9.04. The maximum absolute atomic E-state index is 14.4. The Hall–Kier alpha value is -4.78. The highest BCUT2D eigenvalue weighted by Gasteiger charge is 2.40. The number of hydrogen-bond acceptors (Lipinski definition) is 10. The number of nitrogens with zero attached hydrogens (tertiary/aromatic N) is 10. The van der Waals surface area contributed by atoms with Crippen molar-refractivity contribution in [2.75, 3.05) is 56.2 Å². The zero-order valence-electron chi connectivity index (χ0n) is 25.8. The van der Waals surface area contributed by atoms with Gasteiger partial charge in [-0.1, -0.05) is 6.58 Å². The van der Waals surface area contributed by atoms with Gasteiger partial charge in [-0.2, -0.15) is 28.4 Å². The highest BCUT2D eigenvalue weighted by molar-refractivity contribution is 6.12. The number of piperazine rings is 1. The number of pyridine rings is 1. The van der Waals surface area contributed by atoms with Crippen molar-refractivity contribution in [3.8, 4) is 12.1 Å². The normalized spacial score (nSPS) is 20.2. The Morgan fingerprint density at radius 1 is 1.13 bits per heavy atom. The summed E-state index contributed by atoms with van der Waals surface area (Å²) in [5.74, 6) is -1.22. The van der Waals surface area contributed by atoms with Crippen LogP contribution in [0, 0.1) is 17.1 Å². The van der Waals surface area contributed by atoms with E-state index in [1.54, 1.807) is 17.3 Å². The first-order chi connectivity index (χ1) is 22.5. The first-order valence-electron chi connectivity index (χ1n) is 15.3. The first kappa shape index (κ1) is 32.2. The number of carbonyl (C=O) groups excluding carboxylic acids is 1. The third-order valence-electron chi connectivity index (χ3n) is 9.04. The molecule has 0 bridgehead atoms. The maximum atomic E-state index is 14.4. The van der Waals surface area contributed by atoms with Crippen LogP contribution in [0.15, 0.2) is 37.7 Å². The van der Waals surface area contributed by atoms with Crippen LogP contribution in [0.2, 0.25) is 0 Å². The second kappa shape index (κ2) is 13.1. The maximum Gasteiger partial charge on any atom is 0.421 e. The zero-order valence-corrected chi connectivity index (χ0v) is 25.8. The number of carbonyl (C=O) groups is 1. The van der Waals surface area contributed by atoms with Crippen molar-refractivity contribution in [1.82, 2.24) is 34.3 Å². The number of halogens is 4. The largest absolute Gasteiger partial charge is 0.462 e. The van der Waals surface area contributed by atoms with Gasteiger partial charge in [0, 0.05) is 50.2 Å². The molecular weight excluding hydrogens is 620 g/mol. The molecule has 0 radical (unpaired) electrons. The summed E-state index contributed by atoms with van der Waals surface area (Å²) in [5.41, 5.74) is -0.350. The van der Waals surface area contributed by atoms with Crippen LogP contribution in [0.1, 0.15) is 36.1 Å². The number of fused-ring (bicyclic) bond motifs is 1. The average Bonchev–Trinajstić information content (AvgIpc) is 3.74. The number of imidazole rings is 1. The number of rotatable bonds is 8. The van der Waals surface area contributed by atoms with Crippen LogP contribution in [0.4, 0.5) is 29.1 Å². The van der Waals surface area contributed by atoms with Gasteiger partial charge in [-0.25, -0.2) is 9.37 Å². The molecule has 0 unspecified atom stereocenters. The predicted molar refractivity (Wildman–Crippen MR) is 163 cm³/mol. The van der Waals surface area contributed by atoms with Crippen LogP contribution in [0.3, 0.4) is 0 Å². The number of likely N-dealkylation sites (tertiary alicyclic amines) is 1. The molecule has 2 fully saturated rings. The first-order valence-corrected chi connectivity index (χ1v) is 15.3. The smallest absolute Gasteiger partial charge is 0.421 e. The molecule has 0 aliphatic carbocycles. The standard InChI is InChI=1S/C31H34F4N10O2/c1-20(44-11-8-37-19-44)29(46)45-13-12-43(16-21(45)5-7-36)28-23-6-10-42(26-15-38-14-24(32)27(26)31(33,34)35)17-25(23)39-30(40-28)47-18-22-4-3-9-41(22)2/h8,11,14-15,19,21-22H,1,3-6,9-10,12-13,16-18H2,2H3/t21-,22-/m0/s1. The number of nitriles is 1. The second-order valence-electron chi connectivity index (χ2n) is 11.9. The summed E-state index contributed by atoms with van der Waals surface area (Å²) in [4.78, 5) is 37.7. The number of ether oxygens (including phenoxy) is 1. The Bertz CT molecular complexity index is 1680. The van der Waals surface area contributed by atoms with Crippen molar-refractivity contribution < 1.29 is 27.1 Å². The lowest BCUT2D eigenvalue weighted by Gasteiger charge is -2.42. The molecular formula is C31H34F4N10O2. The summed E-state index contributed by atoms with van der Waals surface area (Å²) >= 11 is 0. The molecule has 3 aliphatic rings. The zero-order chi connectivity index (χ0) is 33.3. The summed E-state index contributed by atoms with van der Waals surface area (Å²) in [6.45, 7) is 6.20. The summed E-state index contributed by atoms with van der Waals surface area (Å²) < 4.78 is 63.8. The summed E-state index contributed by atoms with van der Waals surface area (Å²) in [6.07, 6.45) is 3.62. The molecule has 47 heavy (non-hydrogen) atoms. The molecule has 3 aromatic rings. The fourth-order valence-electron chi connectivity index (χ4n) is 6.52. The molecule has 3 aliphatic heterocycles. The molecule has 3 aromatic heterocycles. The van der Waals surface area contributed by atoms with Gasteiger partial charge in [-0.15, -0.1) is 0 Å². The van der Waals surface area contributed by atoms with E-state index in [4.69, 9.17) is 9.72 Å². The van der Waals surface area contributed by atoms with Crippen LogP contribution in [0.5, 0.6) is 6.01 Å². The van der Waals surface area contributed by atoms with Crippen molar-refractivity contribution in [2.45, 2.75) is 50.5 Å². The number of anilines is 2. The topological polar surface area (TPSA) is 120 Å². The van der Waals surface area contributed by atoms with Crippen LogP contribution in [0.25, 0.3) is 5.70 Å². The molecule has 12 nitrogen and oxygen atoms in total. The van der Waals surface area contributed by atoms with Crippen molar-refractivity contribution in [1.29, 1.82) is 5.26 Å².